The highest BCUT2D eigenvalue weighted by Gasteiger charge is 2.27. The van der Waals surface area contributed by atoms with E-state index in [1.807, 2.05) is 24.3 Å². The second-order valence-corrected chi connectivity index (χ2v) is 9.88. The van der Waals surface area contributed by atoms with Crippen molar-refractivity contribution in [3.8, 4) is 0 Å². The molecule has 1 N–H and O–H groups in total. The zero-order valence-corrected chi connectivity index (χ0v) is 21.6. The fourth-order valence-electron chi connectivity index (χ4n) is 2.89. The van der Waals surface area contributed by atoms with E-state index in [9.17, 15) is 9.59 Å². The molecular weight excluding hydrogens is 519 g/mol. The number of halogens is 3. The molecule has 0 saturated heterocycles. The highest BCUT2D eigenvalue weighted by Crippen LogP contribution is 2.27. The van der Waals surface area contributed by atoms with E-state index in [4.69, 9.17) is 23.2 Å². The summed E-state index contributed by atoms with van der Waals surface area (Å²) in [6.45, 7) is 4.57. The smallest absolute Gasteiger partial charge is 0.242 e. The summed E-state index contributed by atoms with van der Waals surface area (Å²) < 4.78 is 1.02. The van der Waals surface area contributed by atoms with Gasteiger partial charge >= 0.3 is 0 Å². The van der Waals surface area contributed by atoms with Crippen molar-refractivity contribution >= 4 is 62.7 Å². The summed E-state index contributed by atoms with van der Waals surface area (Å²) in [4.78, 5) is 27.3. The molecule has 0 aliphatic carbocycles. The van der Waals surface area contributed by atoms with Crippen molar-refractivity contribution in [2.24, 2.45) is 0 Å². The summed E-state index contributed by atoms with van der Waals surface area (Å²) in [5.74, 6) is 0.653. The van der Waals surface area contributed by atoms with Gasteiger partial charge in [0.05, 0.1) is 5.75 Å². The minimum Gasteiger partial charge on any atom is -0.354 e. The van der Waals surface area contributed by atoms with Gasteiger partial charge in [-0.25, -0.2) is 0 Å². The lowest BCUT2D eigenvalue weighted by atomic mass is 10.1. The van der Waals surface area contributed by atoms with Crippen LogP contribution < -0.4 is 5.32 Å². The molecular formula is C23H27BrCl2N2O2S. The van der Waals surface area contributed by atoms with Gasteiger partial charge in [-0.15, -0.1) is 11.8 Å². The number of rotatable bonds is 11. The summed E-state index contributed by atoms with van der Waals surface area (Å²) in [5, 5.41) is 3.87. The number of benzene rings is 2. The normalized spacial score (nSPS) is 11.8. The highest BCUT2D eigenvalue weighted by molar-refractivity contribution is 9.10. The van der Waals surface area contributed by atoms with Gasteiger partial charge in [0.15, 0.2) is 0 Å². The Hall–Kier alpha value is -1.21. The van der Waals surface area contributed by atoms with Crippen LogP contribution >= 0.6 is 50.9 Å². The molecule has 0 saturated carbocycles. The van der Waals surface area contributed by atoms with Gasteiger partial charge in [-0.2, -0.15) is 0 Å². The van der Waals surface area contributed by atoms with Crippen LogP contribution in [0.4, 0.5) is 0 Å². The second kappa shape index (κ2) is 13.4. The van der Waals surface area contributed by atoms with E-state index in [2.05, 4.69) is 28.2 Å². The third kappa shape index (κ3) is 8.33. The number of hydrogen-bond acceptors (Lipinski definition) is 3. The lowest BCUT2D eigenvalue weighted by molar-refractivity contribution is -0.138. The van der Waals surface area contributed by atoms with E-state index >= 15 is 0 Å². The third-order valence-electron chi connectivity index (χ3n) is 4.79. The average molecular weight is 546 g/mol. The molecule has 8 heteroatoms. The van der Waals surface area contributed by atoms with E-state index in [1.165, 1.54) is 11.8 Å². The lowest BCUT2D eigenvalue weighted by Crippen LogP contribution is -2.48. The Kier molecular flexibility index (Phi) is 11.2. The molecule has 0 heterocycles. The number of carbonyl (C=O) groups excluding carboxylic acids is 2. The van der Waals surface area contributed by atoms with Gasteiger partial charge in [-0.1, -0.05) is 70.7 Å². The van der Waals surface area contributed by atoms with E-state index in [1.54, 1.807) is 30.0 Å². The topological polar surface area (TPSA) is 49.4 Å². The standard InChI is InChI=1S/C23H27BrCl2N2O2S/c1-3-4-12-27-23(30)16(2)28(13-19-20(25)6-5-7-21(19)26)22(29)15-31-14-17-8-10-18(24)11-9-17/h5-11,16H,3-4,12-15H2,1-2H3,(H,27,30)/t16-/m1/s1. The number of hydrogen-bond donors (Lipinski definition) is 1. The summed E-state index contributed by atoms with van der Waals surface area (Å²) in [6, 6.07) is 12.6. The predicted octanol–water partition coefficient (Wildman–Crippen LogP) is 6.32. The Balaban J connectivity index is 2.10. The number of nitrogens with one attached hydrogen (secondary N) is 1. The van der Waals surface area contributed by atoms with Crippen LogP contribution in [-0.2, 0) is 21.9 Å². The van der Waals surface area contributed by atoms with Gasteiger partial charge in [-0.3, -0.25) is 9.59 Å². The molecule has 2 rings (SSSR count). The van der Waals surface area contributed by atoms with Crippen LogP contribution in [0.3, 0.4) is 0 Å². The summed E-state index contributed by atoms with van der Waals surface area (Å²) in [7, 11) is 0. The van der Waals surface area contributed by atoms with Crippen molar-refractivity contribution in [3.05, 3.63) is 68.1 Å². The molecule has 2 aromatic rings. The maximum absolute atomic E-state index is 13.1. The van der Waals surface area contributed by atoms with Crippen molar-refractivity contribution in [2.45, 2.75) is 45.0 Å². The van der Waals surface area contributed by atoms with Crippen LogP contribution in [0.15, 0.2) is 46.9 Å². The van der Waals surface area contributed by atoms with Crippen molar-refractivity contribution in [1.29, 1.82) is 0 Å². The van der Waals surface area contributed by atoms with Crippen molar-refractivity contribution < 1.29 is 9.59 Å². The molecule has 168 valence electrons. The molecule has 0 radical (unpaired) electrons. The first-order chi connectivity index (χ1) is 14.8. The lowest BCUT2D eigenvalue weighted by Gasteiger charge is -2.29. The van der Waals surface area contributed by atoms with Crippen molar-refractivity contribution in [1.82, 2.24) is 10.2 Å². The number of carbonyl (C=O) groups is 2. The first-order valence-electron chi connectivity index (χ1n) is 10.2. The quantitative estimate of drug-likeness (QED) is 0.336. The van der Waals surface area contributed by atoms with E-state index in [-0.39, 0.29) is 24.1 Å². The molecule has 4 nitrogen and oxygen atoms in total. The molecule has 0 unspecified atom stereocenters. The molecule has 0 spiro atoms. The third-order valence-corrected chi connectivity index (χ3v) is 7.02. The Morgan fingerprint density at radius 1 is 1.13 bits per heavy atom. The summed E-state index contributed by atoms with van der Waals surface area (Å²) in [6.07, 6.45) is 1.88. The molecule has 2 amide bonds. The number of thioether (sulfide) groups is 1. The maximum atomic E-state index is 13.1. The van der Waals surface area contributed by atoms with E-state index < -0.39 is 6.04 Å². The van der Waals surface area contributed by atoms with Gasteiger partial charge < -0.3 is 10.2 Å². The Morgan fingerprint density at radius 2 is 1.77 bits per heavy atom. The summed E-state index contributed by atoms with van der Waals surface area (Å²) in [5.41, 5.74) is 1.78. The first kappa shape index (κ1) is 26.0. The molecule has 2 aromatic carbocycles. The maximum Gasteiger partial charge on any atom is 0.242 e. The van der Waals surface area contributed by atoms with Gasteiger partial charge in [-0.05, 0) is 43.2 Å². The zero-order valence-electron chi connectivity index (χ0n) is 17.7. The minimum atomic E-state index is -0.634. The number of unbranched alkanes of at least 4 members (excludes halogenated alkanes) is 1. The largest absolute Gasteiger partial charge is 0.354 e. The molecule has 0 aliphatic heterocycles. The number of amides is 2. The Labute approximate surface area is 207 Å². The molecule has 0 aliphatic rings. The van der Waals surface area contributed by atoms with Gasteiger partial charge in [0, 0.05) is 38.9 Å². The number of nitrogens with zero attached hydrogens (tertiary/aromatic N) is 1. The van der Waals surface area contributed by atoms with Crippen LogP contribution in [0.5, 0.6) is 0 Å². The van der Waals surface area contributed by atoms with Crippen LogP contribution in [-0.4, -0.2) is 35.1 Å². The minimum absolute atomic E-state index is 0.128. The molecule has 0 bridgehead atoms. The Morgan fingerprint density at radius 3 is 2.39 bits per heavy atom. The first-order valence-corrected chi connectivity index (χ1v) is 12.9. The molecule has 31 heavy (non-hydrogen) atoms. The molecule has 0 aromatic heterocycles. The van der Waals surface area contributed by atoms with Gasteiger partial charge in [0.1, 0.15) is 6.04 Å². The fraction of sp³-hybridized carbons (Fsp3) is 0.391. The molecule has 1 atom stereocenters. The monoisotopic (exact) mass is 544 g/mol. The second-order valence-electron chi connectivity index (χ2n) is 7.16. The SMILES string of the molecule is CCCCNC(=O)[C@@H](C)N(Cc1c(Cl)cccc1Cl)C(=O)CSCc1ccc(Br)cc1. The summed E-state index contributed by atoms with van der Waals surface area (Å²) >= 11 is 17.6. The van der Waals surface area contributed by atoms with Crippen LogP contribution in [0.2, 0.25) is 10.0 Å². The van der Waals surface area contributed by atoms with Crippen LogP contribution in [0, 0.1) is 0 Å². The fourth-order valence-corrected chi connectivity index (χ4v) is 4.54. The zero-order chi connectivity index (χ0) is 22.8. The highest BCUT2D eigenvalue weighted by atomic mass is 79.9. The van der Waals surface area contributed by atoms with Crippen molar-refractivity contribution in [3.63, 3.8) is 0 Å². The van der Waals surface area contributed by atoms with Crippen LogP contribution in [0.1, 0.15) is 37.8 Å². The van der Waals surface area contributed by atoms with E-state index in [0.717, 1.165) is 22.9 Å². The Bertz CT molecular complexity index is 860. The molecule has 0 fully saturated rings. The average Bonchev–Trinajstić information content (AvgIpc) is 2.74. The van der Waals surface area contributed by atoms with Crippen molar-refractivity contribution in [2.75, 3.05) is 12.3 Å². The van der Waals surface area contributed by atoms with Crippen LogP contribution in [0.25, 0.3) is 0 Å². The van der Waals surface area contributed by atoms with Gasteiger partial charge in [0.2, 0.25) is 11.8 Å². The van der Waals surface area contributed by atoms with E-state index in [0.29, 0.717) is 27.9 Å². The predicted molar refractivity (Wildman–Crippen MR) is 135 cm³/mol. The van der Waals surface area contributed by atoms with Gasteiger partial charge in [0.25, 0.3) is 0 Å².